The van der Waals surface area contributed by atoms with Crippen molar-refractivity contribution in [1.82, 2.24) is 4.98 Å². The minimum Gasteiger partial charge on any atom is -0.354 e. The summed E-state index contributed by atoms with van der Waals surface area (Å²) >= 11 is 5.88. The summed E-state index contributed by atoms with van der Waals surface area (Å²) in [6.45, 7) is 5.55. The first-order chi connectivity index (χ1) is 9.43. The molecule has 0 spiro atoms. The third kappa shape index (κ3) is 2.87. The maximum atomic E-state index is 14.0. The van der Waals surface area contributed by atoms with E-state index in [2.05, 4.69) is 18.8 Å². The normalized spacial score (nSPS) is 20.2. The topological polar surface area (TPSA) is 65.9 Å². The molecule has 2 heterocycles. The van der Waals surface area contributed by atoms with E-state index in [1.807, 2.05) is 11.0 Å². The standard InChI is InChI=1S/C14H18ClFN4/c1-8(2)12(18)9-3-4-20(7-9)14-11(16)5-10(6-17)13(15)19-14/h5,8-9,12H,3-4,7,18H2,1-2H3/t9-,12?/m1/s1. The molecule has 1 unspecified atom stereocenters. The van der Waals surface area contributed by atoms with Crippen molar-refractivity contribution in [2.24, 2.45) is 17.6 Å². The summed E-state index contributed by atoms with van der Waals surface area (Å²) in [6.07, 6.45) is 0.915. The van der Waals surface area contributed by atoms with Crippen LogP contribution in [0.3, 0.4) is 0 Å². The summed E-state index contributed by atoms with van der Waals surface area (Å²) in [7, 11) is 0. The zero-order chi connectivity index (χ0) is 14.9. The van der Waals surface area contributed by atoms with Crippen LogP contribution >= 0.6 is 11.6 Å². The largest absolute Gasteiger partial charge is 0.354 e. The molecule has 20 heavy (non-hydrogen) atoms. The highest BCUT2D eigenvalue weighted by Crippen LogP contribution is 2.29. The number of hydrogen-bond donors (Lipinski definition) is 1. The van der Waals surface area contributed by atoms with Crippen LogP contribution in [-0.2, 0) is 0 Å². The smallest absolute Gasteiger partial charge is 0.167 e. The molecular weight excluding hydrogens is 279 g/mol. The molecule has 108 valence electrons. The molecule has 2 atom stereocenters. The summed E-state index contributed by atoms with van der Waals surface area (Å²) in [6, 6.07) is 3.06. The second-order valence-corrected chi connectivity index (χ2v) is 5.92. The van der Waals surface area contributed by atoms with E-state index in [1.54, 1.807) is 0 Å². The Hall–Kier alpha value is -1.38. The molecule has 0 bridgehead atoms. The average molecular weight is 297 g/mol. The lowest BCUT2D eigenvalue weighted by Crippen LogP contribution is -2.37. The van der Waals surface area contributed by atoms with Gasteiger partial charge >= 0.3 is 0 Å². The fourth-order valence-corrected chi connectivity index (χ4v) is 2.77. The Labute approximate surface area is 123 Å². The van der Waals surface area contributed by atoms with Gasteiger partial charge in [-0.2, -0.15) is 5.26 Å². The second kappa shape index (κ2) is 5.94. The van der Waals surface area contributed by atoms with Gasteiger partial charge in [0.2, 0.25) is 0 Å². The maximum absolute atomic E-state index is 14.0. The van der Waals surface area contributed by atoms with E-state index in [1.165, 1.54) is 0 Å². The molecule has 0 radical (unpaired) electrons. The van der Waals surface area contributed by atoms with Gasteiger partial charge in [0.1, 0.15) is 11.2 Å². The number of nitrogens with zero attached hydrogens (tertiary/aromatic N) is 3. The summed E-state index contributed by atoms with van der Waals surface area (Å²) in [5, 5.41) is 8.85. The van der Waals surface area contributed by atoms with Gasteiger partial charge in [-0.05, 0) is 24.3 Å². The zero-order valence-electron chi connectivity index (χ0n) is 11.6. The van der Waals surface area contributed by atoms with Gasteiger partial charge in [-0.1, -0.05) is 25.4 Å². The molecule has 6 heteroatoms. The van der Waals surface area contributed by atoms with Gasteiger partial charge in [0.05, 0.1) is 5.56 Å². The number of anilines is 1. The van der Waals surface area contributed by atoms with E-state index in [0.29, 0.717) is 24.9 Å². The highest BCUT2D eigenvalue weighted by Gasteiger charge is 2.31. The summed E-state index contributed by atoms with van der Waals surface area (Å²) in [5.41, 5.74) is 6.22. The molecule has 1 saturated heterocycles. The molecule has 1 aromatic heterocycles. The van der Waals surface area contributed by atoms with Gasteiger partial charge in [-0.15, -0.1) is 0 Å². The van der Waals surface area contributed by atoms with Crippen molar-refractivity contribution in [2.45, 2.75) is 26.3 Å². The molecule has 1 aliphatic rings. The lowest BCUT2D eigenvalue weighted by atomic mass is 9.91. The third-order valence-electron chi connectivity index (χ3n) is 3.87. The molecule has 2 N–H and O–H groups in total. The first-order valence-electron chi connectivity index (χ1n) is 6.70. The molecule has 1 aliphatic heterocycles. The Bertz CT molecular complexity index is 541. The van der Waals surface area contributed by atoms with E-state index in [0.717, 1.165) is 12.5 Å². The SMILES string of the molecule is CC(C)C(N)[C@@H]1CCN(c2nc(Cl)c(C#N)cc2F)C1. The van der Waals surface area contributed by atoms with Crippen LogP contribution in [0.4, 0.5) is 10.2 Å². The van der Waals surface area contributed by atoms with Crippen LogP contribution in [-0.4, -0.2) is 24.1 Å². The van der Waals surface area contributed by atoms with Crippen molar-refractivity contribution >= 4 is 17.4 Å². The van der Waals surface area contributed by atoms with Crippen LogP contribution in [0, 0.1) is 29.0 Å². The highest BCUT2D eigenvalue weighted by molar-refractivity contribution is 6.30. The number of nitriles is 1. The number of nitrogens with two attached hydrogens (primary N) is 1. The molecular formula is C14H18ClFN4. The van der Waals surface area contributed by atoms with Crippen LogP contribution in [0.1, 0.15) is 25.8 Å². The van der Waals surface area contributed by atoms with Crippen LogP contribution < -0.4 is 10.6 Å². The number of halogens is 2. The van der Waals surface area contributed by atoms with Gasteiger partial charge in [-0.25, -0.2) is 9.37 Å². The van der Waals surface area contributed by atoms with Crippen molar-refractivity contribution in [3.05, 3.63) is 22.6 Å². The number of rotatable bonds is 3. The molecule has 0 saturated carbocycles. The minimum absolute atomic E-state index is 0.0421. The lowest BCUT2D eigenvalue weighted by molar-refractivity contribution is 0.365. The Morgan fingerprint density at radius 2 is 2.30 bits per heavy atom. The molecule has 0 aromatic carbocycles. The number of aromatic nitrogens is 1. The number of pyridine rings is 1. The van der Waals surface area contributed by atoms with Crippen LogP contribution in [0.15, 0.2) is 6.07 Å². The summed E-state index contributed by atoms with van der Waals surface area (Å²) < 4.78 is 14.0. The fraction of sp³-hybridized carbons (Fsp3) is 0.571. The van der Waals surface area contributed by atoms with E-state index in [-0.39, 0.29) is 22.6 Å². The Morgan fingerprint density at radius 1 is 1.60 bits per heavy atom. The molecule has 1 fully saturated rings. The van der Waals surface area contributed by atoms with Crippen molar-refractivity contribution in [3.63, 3.8) is 0 Å². The van der Waals surface area contributed by atoms with E-state index in [4.69, 9.17) is 22.6 Å². The monoisotopic (exact) mass is 296 g/mol. The van der Waals surface area contributed by atoms with Crippen molar-refractivity contribution < 1.29 is 4.39 Å². The van der Waals surface area contributed by atoms with Crippen LogP contribution in [0.25, 0.3) is 0 Å². The Morgan fingerprint density at radius 3 is 2.90 bits per heavy atom. The predicted molar refractivity (Wildman–Crippen MR) is 77.1 cm³/mol. The molecule has 2 rings (SSSR count). The van der Waals surface area contributed by atoms with Gasteiger partial charge in [0, 0.05) is 19.1 Å². The van der Waals surface area contributed by atoms with Crippen LogP contribution in [0.2, 0.25) is 5.15 Å². The van der Waals surface area contributed by atoms with Gasteiger partial charge in [0.15, 0.2) is 11.6 Å². The Balaban J connectivity index is 2.19. The summed E-state index contributed by atoms with van der Waals surface area (Å²) in [5.74, 6) is 0.421. The maximum Gasteiger partial charge on any atom is 0.167 e. The summed E-state index contributed by atoms with van der Waals surface area (Å²) in [4.78, 5) is 5.87. The molecule has 0 aliphatic carbocycles. The van der Waals surface area contributed by atoms with Crippen molar-refractivity contribution in [3.8, 4) is 6.07 Å². The van der Waals surface area contributed by atoms with Crippen molar-refractivity contribution in [2.75, 3.05) is 18.0 Å². The first kappa shape index (κ1) is 15.0. The average Bonchev–Trinajstić information content (AvgIpc) is 2.89. The quantitative estimate of drug-likeness (QED) is 0.871. The number of hydrogen-bond acceptors (Lipinski definition) is 4. The van der Waals surface area contributed by atoms with Crippen molar-refractivity contribution in [1.29, 1.82) is 5.26 Å². The first-order valence-corrected chi connectivity index (χ1v) is 7.08. The minimum atomic E-state index is -0.510. The molecule has 0 amide bonds. The van der Waals surface area contributed by atoms with Crippen LogP contribution in [0.5, 0.6) is 0 Å². The molecule has 4 nitrogen and oxygen atoms in total. The van der Waals surface area contributed by atoms with E-state index >= 15 is 0 Å². The third-order valence-corrected chi connectivity index (χ3v) is 4.16. The van der Waals surface area contributed by atoms with Gasteiger partial charge < -0.3 is 10.6 Å². The zero-order valence-corrected chi connectivity index (χ0v) is 12.4. The molecule has 1 aromatic rings. The van der Waals surface area contributed by atoms with Gasteiger partial charge in [-0.3, -0.25) is 0 Å². The van der Waals surface area contributed by atoms with Gasteiger partial charge in [0.25, 0.3) is 0 Å². The van der Waals surface area contributed by atoms with E-state index < -0.39 is 5.82 Å². The fourth-order valence-electron chi connectivity index (χ4n) is 2.60. The lowest BCUT2D eigenvalue weighted by Gasteiger charge is -2.24. The second-order valence-electron chi connectivity index (χ2n) is 5.56. The highest BCUT2D eigenvalue weighted by atomic mass is 35.5. The Kier molecular flexibility index (Phi) is 4.46. The van der Waals surface area contributed by atoms with E-state index in [9.17, 15) is 4.39 Å². The predicted octanol–water partition coefficient (Wildman–Crippen LogP) is 2.56.